The molecule has 0 aromatic heterocycles. The van der Waals surface area contributed by atoms with Crippen molar-refractivity contribution in [2.24, 2.45) is 0 Å². The lowest BCUT2D eigenvalue weighted by Crippen LogP contribution is -2.44. The van der Waals surface area contributed by atoms with Crippen molar-refractivity contribution in [2.75, 3.05) is 32.9 Å². The summed E-state index contributed by atoms with van der Waals surface area (Å²) in [5.41, 5.74) is 1.11. The van der Waals surface area contributed by atoms with Crippen molar-refractivity contribution in [1.82, 2.24) is 4.90 Å². The number of esters is 1. The van der Waals surface area contributed by atoms with Gasteiger partial charge in [0.15, 0.2) is 6.61 Å². The van der Waals surface area contributed by atoms with Crippen LogP contribution in [0.2, 0.25) is 0 Å². The second-order valence-electron chi connectivity index (χ2n) is 6.19. The lowest BCUT2D eigenvalue weighted by molar-refractivity contribution is -0.164. The topological polar surface area (TPSA) is 82.1 Å². The third kappa shape index (κ3) is 5.17. The van der Waals surface area contributed by atoms with E-state index in [2.05, 4.69) is 0 Å². The quantitative estimate of drug-likeness (QED) is 0.537. The van der Waals surface area contributed by atoms with E-state index in [0.717, 1.165) is 6.29 Å². The van der Waals surface area contributed by atoms with Gasteiger partial charge in [-0.1, -0.05) is 30.3 Å². The van der Waals surface area contributed by atoms with Crippen LogP contribution in [-0.4, -0.2) is 56.0 Å². The van der Waals surface area contributed by atoms with Gasteiger partial charge in [0, 0.05) is 24.2 Å². The number of rotatable bonds is 7. The van der Waals surface area contributed by atoms with Crippen LogP contribution in [0.3, 0.4) is 0 Å². The Balaban J connectivity index is 1.65. The Bertz CT molecular complexity index is 799. The number of nitrogens with zero attached hydrogens (tertiary/aromatic N) is 1. The third-order valence-electron chi connectivity index (χ3n) is 4.27. The first-order valence-electron chi connectivity index (χ1n) is 8.96. The highest BCUT2D eigenvalue weighted by molar-refractivity contribution is 5.85. The van der Waals surface area contributed by atoms with Crippen LogP contribution in [0.15, 0.2) is 54.6 Å². The predicted octanol–water partition coefficient (Wildman–Crippen LogP) is 2.02. The minimum Gasteiger partial charge on any atom is -0.482 e. The van der Waals surface area contributed by atoms with Crippen molar-refractivity contribution >= 4 is 18.2 Å². The maximum Gasteiger partial charge on any atom is 0.345 e. The number of benzene rings is 2. The van der Waals surface area contributed by atoms with Crippen LogP contribution in [-0.2, 0) is 19.1 Å². The summed E-state index contributed by atoms with van der Waals surface area (Å²) in [7, 11) is 0. The van der Waals surface area contributed by atoms with E-state index in [9.17, 15) is 14.4 Å². The summed E-state index contributed by atoms with van der Waals surface area (Å²) in [5, 5.41) is 0. The van der Waals surface area contributed by atoms with Gasteiger partial charge in [-0.3, -0.25) is 9.59 Å². The summed E-state index contributed by atoms with van der Waals surface area (Å²) in [5.74, 6) is -0.508. The van der Waals surface area contributed by atoms with Gasteiger partial charge < -0.3 is 19.1 Å². The predicted molar refractivity (Wildman–Crippen MR) is 100.0 cm³/mol. The molecule has 1 atom stereocenters. The number of aldehydes is 1. The summed E-state index contributed by atoms with van der Waals surface area (Å²) in [6.45, 7) is 1.49. The number of ether oxygens (including phenoxy) is 3. The first kappa shape index (κ1) is 19.6. The zero-order valence-electron chi connectivity index (χ0n) is 15.3. The molecule has 0 saturated carbocycles. The third-order valence-corrected chi connectivity index (χ3v) is 4.27. The summed E-state index contributed by atoms with van der Waals surface area (Å²) in [4.78, 5) is 37.5. The molecule has 1 aliphatic rings. The monoisotopic (exact) mass is 383 g/mol. The Kier molecular flexibility index (Phi) is 6.75. The van der Waals surface area contributed by atoms with Gasteiger partial charge in [-0.2, -0.15) is 0 Å². The number of carbonyl (C=O) groups is 3. The molecule has 0 bridgehead atoms. The molecule has 0 N–H and O–H groups in total. The minimum atomic E-state index is -1.03. The molecule has 2 aromatic rings. The summed E-state index contributed by atoms with van der Waals surface area (Å²) in [6, 6.07) is 15.2. The molecule has 146 valence electrons. The van der Waals surface area contributed by atoms with Gasteiger partial charge in [-0.25, -0.2) is 4.79 Å². The Morgan fingerprint density at radius 2 is 1.71 bits per heavy atom. The highest BCUT2D eigenvalue weighted by Gasteiger charge is 2.30. The zero-order chi connectivity index (χ0) is 19.8. The fourth-order valence-electron chi connectivity index (χ4n) is 2.79. The van der Waals surface area contributed by atoms with Crippen LogP contribution in [0.4, 0.5) is 0 Å². The van der Waals surface area contributed by atoms with Crippen molar-refractivity contribution < 1.29 is 28.6 Å². The molecule has 0 unspecified atom stereocenters. The van der Waals surface area contributed by atoms with E-state index in [1.807, 2.05) is 6.07 Å². The summed E-state index contributed by atoms with van der Waals surface area (Å²) in [6.07, 6.45) is -0.312. The Labute approximate surface area is 162 Å². The average Bonchev–Trinajstić information content (AvgIpc) is 2.77. The molecular weight excluding hydrogens is 362 g/mol. The van der Waals surface area contributed by atoms with E-state index in [4.69, 9.17) is 14.2 Å². The fourth-order valence-corrected chi connectivity index (χ4v) is 2.79. The van der Waals surface area contributed by atoms with Gasteiger partial charge in [0.1, 0.15) is 12.0 Å². The van der Waals surface area contributed by atoms with Gasteiger partial charge in [0.2, 0.25) is 6.10 Å². The number of amides is 1. The highest BCUT2D eigenvalue weighted by atomic mass is 16.6. The fraction of sp³-hybridized carbons (Fsp3) is 0.286. The molecule has 0 radical (unpaired) electrons. The molecule has 1 amide bonds. The average molecular weight is 383 g/mol. The standard InChI is InChI=1S/C21H21NO6/c23-14-16-6-8-18(9-7-16)27-15-19(24)28-20(17-4-2-1-3-5-17)21(25)22-10-12-26-13-11-22/h1-9,14,20H,10-13,15H2/t20-/m1/s1. The maximum atomic E-state index is 12.9. The van der Waals surface area contributed by atoms with Gasteiger partial charge in [-0.15, -0.1) is 0 Å². The lowest BCUT2D eigenvalue weighted by atomic mass is 10.1. The van der Waals surface area contributed by atoms with Gasteiger partial charge >= 0.3 is 5.97 Å². The Morgan fingerprint density at radius 3 is 2.36 bits per heavy atom. The normalized spacial score (nSPS) is 14.8. The second-order valence-corrected chi connectivity index (χ2v) is 6.19. The first-order valence-corrected chi connectivity index (χ1v) is 8.96. The molecule has 7 heteroatoms. The molecule has 1 fully saturated rings. The Morgan fingerprint density at radius 1 is 1.04 bits per heavy atom. The molecule has 1 aliphatic heterocycles. The summed E-state index contributed by atoms with van der Waals surface area (Å²) < 4.78 is 16.1. The van der Waals surface area contributed by atoms with E-state index in [1.54, 1.807) is 53.4 Å². The SMILES string of the molecule is O=Cc1ccc(OCC(=O)O[C@@H](C(=O)N2CCOCC2)c2ccccc2)cc1. The van der Waals surface area contributed by atoms with Gasteiger partial charge in [0.25, 0.3) is 5.91 Å². The zero-order valence-corrected chi connectivity index (χ0v) is 15.3. The molecule has 2 aromatic carbocycles. The molecule has 0 spiro atoms. The van der Waals surface area contributed by atoms with Crippen LogP contribution < -0.4 is 4.74 Å². The minimum absolute atomic E-state index is 0.279. The lowest BCUT2D eigenvalue weighted by Gasteiger charge is -2.30. The molecule has 7 nitrogen and oxygen atoms in total. The van der Waals surface area contributed by atoms with E-state index in [0.29, 0.717) is 43.2 Å². The van der Waals surface area contributed by atoms with Crippen molar-refractivity contribution in [3.05, 3.63) is 65.7 Å². The number of hydrogen-bond acceptors (Lipinski definition) is 6. The largest absolute Gasteiger partial charge is 0.482 e. The van der Waals surface area contributed by atoms with E-state index in [-0.39, 0.29) is 12.5 Å². The second kappa shape index (κ2) is 9.66. The number of morpholine rings is 1. The number of hydrogen-bond donors (Lipinski definition) is 0. The van der Waals surface area contributed by atoms with E-state index in [1.165, 1.54) is 0 Å². The van der Waals surface area contributed by atoms with Crippen LogP contribution in [0, 0.1) is 0 Å². The number of carbonyl (C=O) groups excluding carboxylic acids is 3. The molecule has 1 heterocycles. The van der Waals surface area contributed by atoms with Crippen molar-refractivity contribution in [3.8, 4) is 5.75 Å². The molecule has 28 heavy (non-hydrogen) atoms. The van der Waals surface area contributed by atoms with Crippen molar-refractivity contribution in [1.29, 1.82) is 0 Å². The van der Waals surface area contributed by atoms with Crippen LogP contribution in [0.25, 0.3) is 0 Å². The molecule has 3 rings (SSSR count). The van der Waals surface area contributed by atoms with Crippen LogP contribution in [0.1, 0.15) is 22.0 Å². The van der Waals surface area contributed by atoms with Crippen molar-refractivity contribution in [3.63, 3.8) is 0 Å². The highest BCUT2D eigenvalue weighted by Crippen LogP contribution is 2.21. The smallest absolute Gasteiger partial charge is 0.345 e. The van der Waals surface area contributed by atoms with Crippen LogP contribution in [0.5, 0.6) is 5.75 Å². The molecule has 0 aliphatic carbocycles. The maximum absolute atomic E-state index is 12.9. The van der Waals surface area contributed by atoms with Crippen molar-refractivity contribution in [2.45, 2.75) is 6.10 Å². The first-order chi connectivity index (χ1) is 13.7. The van der Waals surface area contributed by atoms with Gasteiger partial charge in [0.05, 0.1) is 13.2 Å². The molecule has 1 saturated heterocycles. The van der Waals surface area contributed by atoms with E-state index >= 15 is 0 Å². The van der Waals surface area contributed by atoms with E-state index < -0.39 is 12.1 Å². The van der Waals surface area contributed by atoms with Crippen LogP contribution >= 0.6 is 0 Å². The summed E-state index contributed by atoms with van der Waals surface area (Å²) >= 11 is 0. The Hall–Kier alpha value is -3.19. The molecular formula is C21H21NO6. The van der Waals surface area contributed by atoms with Gasteiger partial charge in [-0.05, 0) is 24.3 Å².